The summed E-state index contributed by atoms with van der Waals surface area (Å²) in [4.78, 5) is 45.6. The van der Waals surface area contributed by atoms with Gasteiger partial charge in [-0.25, -0.2) is 0 Å². The molecule has 0 atom stereocenters. The number of nitrogens with zero attached hydrogens (tertiary/aromatic N) is 3. The van der Waals surface area contributed by atoms with Crippen molar-refractivity contribution in [2.45, 2.75) is 45.6 Å². The number of piperazine rings is 1. The first-order valence-electron chi connectivity index (χ1n) is 17.5. The molecule has 3 aromatic rings. The summed E-state index contributed by atoms with van der Waals surface area (Å²) in [6.45, 7) is 7.48. The van der Waals surface area contributed by atoms with Crippen LogP contribution in [0.15, 0.2) is 60.7 Å². The largest absolute Gasteiger partial charge is 0.493 e. The zero-order valence-corrected chi connectivity index (χ0v) is 30.3. The lowest BCUT2D eigenvalue weighted by Gasteiger charge is -2.32. The first kappa shape index (κ1) is 38.4. The summed E-state index contributed by atoms with van der Waals surface area (Å²) in [5.74, 6) is 0.711. The standard InChI is InChI=1S/C39H53N5O6/c1-29-15-17-34(36(26-29)50-24-10-6-7-14-37(45)44-22-20-43(4)21-23-44)41-38(46)30-16-18-33(31(27-30)28-48-5)40-39(47)32-12-8-9-13-35(32)49-25-11-19-42(2)3/h8-9,12-13,15-18,26-27H,6-7,10-11,14,19-25,28H2,1-5H3,(H,40,47)(H,41,46). The molecule has 2 N–H and O–H groups in total. The van der Waals surface area contributed by atoms with Gasteiger partial charge in [-0.2, -0.15) is 0 Å². The van der Waals surface area contributed by atoms with E-state index in [1.54, 1.807) is 43.5 Å². The fraction of sp³-hybridized carbons (Fsp3) is 0.462. The number of nitrogens with one attached hydrogen (secondary N) is 2. The van der Waals surface area contributed by atoms with Crippen LogP contribution in [0.2, 0.25) is 0 Å². The van der Waals surface area contributed by atoms with Gasteiger partial charge >= 0.3 is 0 Å². The Morgan fingerprint density at radius 2 is 1.48 bits per heavy atom. The molecule has 11 heteroatoms. The van der Waals surface area contributed by atoms with Gasteiger partial charge in [0.25, 0.3) is 11.8 Å². The Kier molecular flexibility index (Phi) is 15.1. The summed E-state index contributed by atoms with van der Waals surface area (Å²) in [7, 11) is 7.66. The van der Waals surface area contributed by atoms with Crippen molar-refractivity contribution in [1.82, 2.24) is 14.7 Å². The smallest absolute Gasteiger partial charge is 0.259 e. The fourth-order valence-electron chi connectivity index (χ4n) is 5.66. The number of carbonyl (C=O) groups is 3. The maximum Gasteiger partial charge on any atom is 0.259 e. The molecule has 3 amide bonds. The molecule has 270 valence electrons. The third-order valence-corrected chi connectivity index (χ3v) is 8.59. The number of hydrogen-bond acceptors (Lipinski definition) is 8. The van der Waals surface area contributed by atoms with E-state index >= 15 is 0 Å². The highest BCUT2D eigenvalue weighted by Gasteiger charge is 2.19. The van der Waals surface area contributed by atoms with E-state index in [0.717, 1.165) is 64.0 Å². The number of amides is 3. The molecular formula is C39H53N5O6. The van der Waals surface area contributed by atoms with Gasteiger partial charge in [0.05, 0.1) is 31.1 Å². The van der Waals surface area contributed by atoms with E-state index in [0.29, 0.717) is 59.2 Å². The molecule has 0 aromatic heterocycles. The number of likely N-dealkylation sites (N-methyl/N-ethyl adjacent to an activating group) is 1. The van der Waals surface area contributed by atoms with E-state index in [-0.39, 0.29) is 24.3 Å². The molecule has 0 spiro atoms. The van der Waals surface area contributed by atoms with E-state index in [1.807, 2.05) is 50.2 Å². The molecule has 4 rings (SSSR count). The van der Waals surface area contributed by atoms with Crippen LogP contribution in [-0.2, 0) is 16.1 Å². The minimum atomic E-state index is -0.314. The van der Waals surface area contributed by atoms with Crippen LogP contribution in [0.1, 0.15) is 63.9 Å². The van der Waals surface area contributed by atoms with Crippen molar-refractivity contribution in [3.63, 3.8) is 0 Å². The zero-order chi connectivity index (χ0) is 35.9. The fourth-order valence-corrected chi connectivity index (χ4v) is 5.66. The first-order valence-corrected chi connectivity index (χ1v) is 17.5. The number of ether oxygens (including phenoxy) is 3. The Hall–Kier alpha value is -4.45. The molecule has 3 aromatic carbocycles. The SMILES string of the molecule is COCc1cc(C(=O)Nc2ccc(C)cc2OCCCCCC(=O)N2CCN(C)CC2)ccc1NC(=O)c1ccccc1OCCCN(C)C. The van der Waals surface area contributed by atoms with Crippen LogP contribution >= 0.6 is 0 Å². The molecule has 1 heterocycles. The van der Waals surface area contributed by atoms with Gasteiger partial charge in [-0.05, 0) is 102 Å². The number of anilines is 2. The summed E-state index contributed by atoms with van der Waals surface area (Å²) in [5.41, 5.74) is 3.62. The first-order chi connectivity index (χ1) is 24.1. The number of methoxy groups -OCH3 is 1. The van der Waals surface area contributed by atoms with Gasteiger partial charge in [-0.1, -0.05) is 18.2 Å². The van der Waals surface area contributed by atoms with Crippen LogP contribution in [0.25, 0.3) is 0 Å². The zero-order valence-electron chi connectivity index (χ0n) is 30.3. The Bertz CT molecular complexity index is 1570. The van der Waals surface area contributed by atoms with Crippen LogP contribution in [0.4, 0.5) is 11.4 Å². The Morgan fingerprint density at radius 1 is 0.780 bits per heavy atom. The molecule has 50 heavy (non-hydrogen) atoms. The van der Waals surface area contributed by atoms with Gasteiger partial charge in [0.15, 0.2) is 0 Å². The van der Waals surface area contributed by atoms with Crippen molar-refractivity contribution in [2.24, 2.45) is 0 Å². The highest BCUT2D eigenvalue weighted by Crippen LogP contribution is 2.28. The van der Waals surface area contributed by atoms with E-state index < -0.39 is 0 Å². The number of aryl methyl sites for hydroxylation is 1. The van der Waals surface area contributed by atoms with E-state index in [2.05, 4.69) is 27.5 Å². The third-order valence-electron chi connectivity index (χ3n) is 8.59. The average Bonchev–Trinajstić information content (AvgIpc) is 3.10. The van der Waals surface area contributed by atoms with E-state index in [1.165, 1.54) is 0 Å². The Balaban J connectivity index is 1.33. The summed E-state index contributed by atoms with van der Waals surface area (Å²) in [6, 6.07) is 17.9. The van der Waals surface area contributed by atoms with Gasteiger partial charge in [0.2, 0.25) is 5.91 Å². The van der Waals surface area contributed by atoms with Crippen LogP contribution in [0.5, 0.6) is 11.5 Å². The lowest BCUT2D eigenvalue weighted by atomic mass is 10.1. The molecule has 11 nitrogen and oxygen atoms in total. The lowest BCUT2D eigenvalue weighted by Crippen LogP contribution is -2.47. The minimum absolute atomic E-state index is 0.194. The molecule has 0 saturated carbocycles. The van der Waals surface area contributed by atoms with Crippen molar-refractivity contribution in [1.29, 1.82) is 0 Å². The highest BCUT2D eigenvalue weighted by atomic mass is 16.5. The van der Waals surface area contributed by atoms with Crippen LogP contribution in [0, 0.1) is 6.92 Å². The van der Waals surface area contributed by atoms with Crippen LogP contribution in [-0.4, -0.2) is 107 Å². The van der Waals surface area contributed by atoms with Gasteiger partial charge in [0.1, 0.15) is 11.5 Å². The van der Waals surface area contributed by atoms with Crippen LogP contribution in [0.3, 0.4) is 0 Å². The van der Waals surface area contributed by atoms with E-state index in [4.69, 9.17) is 14.2 Å². The number of carbonyl (C=O) groups excluding carboxylic acids is 3. The van der Waals surface area contributed by atoms with Gasteiger partial charge in [0, 0.05) is 63.1 Å². The monoisotopic (exact) mass is 687 g/mol. The van der Waals surface area contributed by atoms with Crippen molar-refractivity contribution in [3.05, 3.63) is 82.9 Å². The maximum atomic E-state index is 13.4. The molecule has 0 bridgehead atoms. The highest BCUT2D eigenvalue weighted by molar-refractivity contribution is 6.08. The summed E-state index contributed by atoms with van der Waals surface area (Å²) >= 11 is 0. The molecule has 1 aliphatic rings. The predicted molar refractivity (Wildman–Crippen MR) is 197 cm³/mol. The molecule has 0 unspecified atom stereocenters. The van der Waals surface area contributed by atoms with Crippen molar-refractivity contribution >= 4 is 29.1 Å². The number of benzene rings is 3. The predicted octanol–water partition coefficient (Wildman–Crippen LogP) is 5.69. The molecule has 0 radical (unpaired) electrons. The molecule has 1 fully saturated rings. The van der Waals surface area contributed by atoms with E-state index in [9.17, 15) is 14.4 Å². The lowest BCUT2D eigenvalue weighted by molar-refractivity contribution is -0.132. The Labute approximate surface area is 296 Å². The molecule has 1 saturated heterocycles. The number of unbranched alkanes of at least 4 members (excludes halogenated alkanes) is 2. The average molecular weight is 688 g/mol. The van der Waals surface area contributed by atoms with Crippen molar-refractivity contribution in [2.75, 3.05) is 84.8 Å². The second-order valence-electron chi connectivity index (χ2n) is 13.1. The molecule has 1 aliphatic heterocycles. The minimum Gasteiger partial charge on any atom is -0.493 e. The van der Waals surface area contributed by atoms with Gasteiger partial charge in [-0.3, -0.25) is 14.4 Å². The number of rotatable bonds is 18. The summed E-state index contributed by atoms with van der Waals surface area (Å²) < 4.78 is 17.5. The van der Waals surface area contributed by atoms with Gasteiger partial charge in [-0.15, -0.1) is 0 Å². The normalized spacial score (nSPS) is 13.3. The third kappa shape index (κ3) is 11.9. The molecule has 0 aliphatic carbocycles. The quantitative estimate of drug-likeness (QED) is 0.164. The molecular weight excluding hydrogens is 634 g/mol. The van der Waals surface area contributed by atoms with Crippen molar-refractivity contribution < 1.29 is 28.6 Å². The number of hydrogen-bond donors (Lipinski definition) is 2. The second-order valence-corrected chi connectivity index (χ2v) is 13.1. The van der Waals surface area contributed by atoms with Gasteiger partial charge < -0.3 is 39.5 Å². The summed E-state index contributed by atoms with van der Waals surface area (Å²) in [6.07, 6.45) is 3.90. The summed E-state index contributed by atoms with van der Waals surface area (Å²) in [5, 5.41) is 5.96. The maximum absolute atomic E-state index is 13.4. The van der Waals surface area contributed by atoms with Crippen molar-refractivity contribution in [3.8, 4) is 11.5 Å². The second kappa shape index (κ2) is 19.7. The Morgan fingerprint density at radius 3 is 2.24 bits per heavy atom. The number of para-hydroxylation sites is 1. The topological polar surface area (TPSA) is 113 Å². The van der Waals surface area contributed by atoms with Crippen LogP contribution < -0.4 is 20.1 Å².